The van der Waals surface area contributed by atoms with Crippen LogP contribution in [0.3, 0.4) is 0 Å². The van der Waals surface area contributed by atoms with Crippen LogP contribution in [0.5, 0.6) is 0 Å². The van der Waals surface area contributed by atoms with Gasteiger partial charge in [-0.15, -0.1) is 0 Å². The van der Waals surface area contributed by atoms with Crippen LogP contribution in [0.2, 0.25) is 0 Å². The average Bonchev–Trinajstić information content (AvgIpc) is 3.01. The molecule has 8 heteroatoms. The first kappa shape index (κ1) is 20.7. The summed E-state index contributed by atoms with van der Waals surface area (Å²) in [5.74, 6) is -0.228. The number of carbonyl (C=O) groups is 1. The molecule has 0 saturated heterocycles. The van der Waals surface area contributed by atoms with E-state index in [0.29, 0.717) is 30.0 Å². The number of rotatable bonds is 7. The number of aromatic nitrogens is 2. The molecule has 0 bridgehead atoms. The summed E-state index contributed by atoms with van der Waals surface area (Å²) in [4.78, 5) is 25.1. The third kappa shape index (κ3) is 4.52. The third-order valence-electron chi connectivity index (χ3n) is 4.82. The van der Waals surface area contributed by atoms with Gasteiger partial charge in [-0.05, 0) is 37.1 Å². The van der Waals surface area contributed by atoms with Crippen molar-refractivity contribution >= 4 is 11.6 Å². The zero-order valence-corrected chi connectivity index (χ0v) is 16.8. The summed E-state index contributed by atoms with van der Waals surface area (Å²) in [6.07, 6.45) is 0. The van der Waals surface area contributed by atoms with Gasteiger partial charge in [0.1, 0.15) is 17.9 Å². The summed E-state index contributed by atoms with van der Waals surface area (Å²) in [6, 6.07) is 18.5. The quantitative estimate of drug-likeness (QED) is 0.340. The Morgan fingerprint density at radius 2 is 1.80 bits per heavy atom. The Hall–Kier alpha value is -3.99. The predicted octanol–water partition coefficient (Wildman–Crippen LogP) is 3.62. The highest BCUT2D eigenvalue weighted by atomic mass is 16.6. The molecule has 0 atom stereocenters. The smallest absolute Gasteiger partial charge is 0.312 e. The molecule has 1 aromatic heterocycles. The van der Waals surface area contributed by atoms with Gasteiger partial charge < -0.3 is 4.90 Å². The summed E-state index contributed by atoms with van der Waals surface area (Å²) in [5, 5.41) is 24.5. The number of amides is 1. The summed E-state index contributed by atoms with van der Waals surface area (Å²) in [7, 11) is 0. The molecule has 152 valence electrons. The van der Waals surface area contributed by atoms with Crippen molar-refractivity contribution in [2.45, 2.75) is 26.9 Å². The van der Waals surface area contributed by atoms with E-state index in [1.54, 1.807) is 42.8 Å². The lowest BCUT2D eigenvalue weighted by atomic mass is 10.1. The van der Waals surface area contributed by atoms with Gasteiger partial charge in [0.2, 0.25) is 0 Å². The van der Waals surface area contributed by atoms with Crippen LogP contribution in [0, 0.1) is 35.3 Å². The minimum Gasteiger partial charge on any atom is -0.321 e. The fraction of sp³-hybridized carbons (Fsp3) is 0.227. The van der Waals surface area contributed by atoms with E-state index in [9.17, 15) is 14.9 Å². The molecule has 3 rings (SSSR count). The van der Waals surface area contributed by atoms with Gasteiger partial charge in [0.25, 0.3) is 5.91 Å². The maximum Gasteiger partial charge on any atom is 0.312 e. The number of nitrogens with zero attached hydrogens (tertiary/aromatic N) is 5. The molecule has 1 amide bonds. The minimum atomic E-state index is -0.424. The third-order valence-corrected chi connectivity index (χ3v) is 4.82. The molecule has 1 heterocycles. The molecule has 3 aromatic rings. The van der Waals surface area contributed by atoms with Crippen molar-refractivity contribution in [3.8, 4) is 6.07 Å². The molecule has 0 N–H and O–H groups in total. The zero-order chi connectivity index (χ0) is 21.7. The molecule has 0 unspecified atom stereocenters. The van der Waals surface area contributed by atoms with E-state index in [1.165, 1.54) is 4.90 Å². The number of carbonyl (C=O) groups excluding carboxylic acids is 1. The monoisotopic (exact) mass is 403 g/mol. The normalized spacial score (nSPS) is 10.4. The Bertz CT molecular complexity index is 1100. The van der Waals surface area contributed by atoms with Gasteiger partial charge in [-0.3, -0.25) is 19.6 Å². The Balaban J connectivity index is 1.76. The van der Waals surface area contributed by atoms with Crippen molar-refractivity contribution in [3.63, 3.8) is 0 Å². The lowest BCUT2D eigenvalue weighted by Gasteiger charge is -2.20. The molecule has 0 radical (unpaired) electrons. The highest BCUT2D eigenvalue weighted by molar-refractivity contribution is 5.94. The van der Waals surface area contributed by atoms with Crippen LogP contribution in [0.1, 0.15) is 32.9 Å². The van der Waals surface area contributed by atoms with Crippen molar-refractivity contribution in [3.05, 3.63) is 92.8 Å². The van der Waals surface area contributed by atoms with Gasteiger partial charge in [0, 0.05) is 12.1 Å². The summed E-state index contributed by atoms with van der Waals surface area (Å²) < 4.78 is 1.59. The van der Waals surface area contributed by atoms with E-state index < -0.39 is 4.92 Å². The van der Waals surface area contributed by atoms with Gasteiger partial charge in [0.05, 0.1) is 17.5 Å². The van der Waals surface area contributed by atoms with Gasteiger partial charge in [0.15, 0.2) is 0 Å². The molecular weight excluding hydrogens is 382 g/mol. The van der Waals surface area contributed by atoms with Gasteiger partial charge in [-0.2, -0.15) is 10.4 Å². The minimum absolute atomic E-state index is 0.00902. The maximum absolute atomic E-state index is 12.9. The maximum atomic E-state index is 12.9. The van der Waals surface area contributed by atoms with E-state index in [2.05, 4.69) is 5.10 Å². The number of hydrogen-bond acceptors (Lipinski definition) is 5. The summed E-state index contributed by atoms with van der Waals surface area (Å²) >= 11 is 0. The number of nitro groups is 1. The molecule has 2 aromatic carbocycles. The second-order valence-corrected chi connectivity index (χ2v) is 6.94. The van der Waals surface area contributed by atoms with Gasteiger partial charge >= 0.3 is 5.69 Å². The van der Waals surface area contributed by atoms with Crippen LogP contribution in [0.15, 0.2) is 54.6 Å². The second-order valence-electron chi connectivity index (χ2n) is 6.94. The Kier molecular flexibility index (Phi) is 6.23. The first-order chi connectivity index (χ1) is 14.4. The van der Waals surface area contributed by atoms with Crippen LogP contribution >= 0.6 is 0 Å². The predicted molar refractivity (Wildman–Crippen MR) is 111 cm³/mol. The van der Waals surface area contributed by atoms with E-state index in [4.69, 9.17) is 5.26 Å². The molecule has 0 fully saturated rings. The molecule has 0 aliphatic heterocycles. The number of hydrogen-bond donors (Lipinski definition) is 0. The van der Waals surface area contributed by atoms with Crippen molar-refractivity contribution in [1.29, 1.82) is 5.26 Å². The molecule has 0 saturated carbocycles. The standard InChI is InChI=1S/C22H21N5O3/c1-16-21(27(29)30)17(2)26(24-16)15-19-8-10-20(11-9-19)22(28)25(13-12-23)14-18-6-4-3-5-7-18/h3-11H,13-15H2,1-2H3. The topological polar surface area (TPSA) is 105 Å². The largest absolute Gasteiger partial charge is 0.321 e. The van der Waals surface area contributed by atoms with Crippen LogP contribution < -0.4 is 0 Å². The Labute approximate surface area is 174 Å². The van der Waals surface area contributed by atoms with Crippen LogP contribution in [-0.2, 0) is 13.1 Å². The first-order valence-electron chi connectivity index (χ1n) is 9.38. The van der Waals surface area contributed by atoms with Crippen molar-refractivity contribution in [2.24, 2.45) is 0 Å². The van der Waals surface area contributed by atoms with Crippen molar-refractivity contribution < 1.29 is 9.72 Å². The van der Waals surface area contributed by atoms with Crippen molar-refractivity contribution in [2.75, 3.05) is 6.54 Å². The van der Waals surface area contributed by atoms with Crippen LogP contribution in [0.25, 0.3) is 0 Å². The van der Waals surface area contributed by atoms with Crippen LogP contribution in [0.4, 0.5) is 5.69 Å². The Morgan fingerprint density at radius 1 is 1.13 bits per heavy atom. The van der Waals surface area contributed by atoms with E-state index in [1.807, 2.05) is 36.4 Å². The van der Waals surface area contributed by atoms with E-state index in [0.717, 1.165) is 11.1 Å². The average molecular weight is 403 g/mol. The lowest BCUT2D eigenvalue weighted by Crippen LogP contribution is -2.30. The lowest BCUT2D eigenvalue weighted by molar-refractivity contribution is -0.386. The van der Waals surface area contributed by atoms with Crippen molar-refractivity contribution in [1.82, 2.24) is 14.7 Å². The van der Waals surface area contributed by atoms with Gasteiger partial charge in [-0.1, -0.05) is 42.5 Å². The zero-order valence-electron chi connectivity index (χ0n) is 16.8. The highest BCUT2D eigenvalue weighted by Crippen LogP contribution is 2.22. The summed E-state index contributed by atoms with van der Waals surface area (Å²) in [6.45, 7) is 3.98. The molecule has 8 nitrogen and oxygen atoms in total. The SMILES string of the molecule is Cc1nn(Cc2ccc(C(=O)N(CC#N)Cc3ccccc3)cc2)c(C)c1[N+](=O)[O-]. The fourth-order valence-corrected chi connectivity index (χ4v) is 3.30. The second kappa shape index (κ2) is 9.01. The van der Waals surface area contributed by atoms with E-state index in [-0.39, 0.29) is 18.1 Å². The molecule has 0 spiro atoms. The first-order valence-corrected chi connectivity index (χ1v) is 9.38. The molecule has 30 heavy (non-hydrogen) atoms. The number of aryl methyl sites for hydroxylation is 1. The molecular formula is C22H21N5O3. The van der Waals surface area contributed by atoms with E-state index >= 15 is 0 Å². The highest BCUT2D eigenvalue weighted by Gasteiger charge is 2.22. The number of nitriles is 1. The molecule has 0 aliphatic rings. The van der Waals surface area contributed by atoms with Gasteiger partial charge in [-0.25, -0.2) is 0 Å². The Morgan fingerprint density at radius 3 is 2.37 bits per heavy atom. The molecule has 0 aliphatic carbocycles. The fourth-order valence-electron chi connectivity index (χ4n) is 3.30. The van der Waals surface area contributed by atoms with Crippen LogP contribution in [-0.4, -0.2) is 32.1 Å². The number of benzene rings is 2. The summed E-state index contributed by atoms with van der Waals surface area (Å²) in [5.41, 5.74) is 3.17.